The monoisotopic (exact) mass is 504 g/mol. The lowest BCUT2D eigenvalue weighted by atomic mass is 9.98. The molecule has 1 aliphatic rings. The van der Waals surface area contributed by atoms with Gasteiger partial charge in [-0.05, 0) is 43.2 Å². The molecule has 1 aliphatic heterocycles. The van der Waals surface area contributed by atoms with Crippen LogP contribution in [0.25, 0.3) is 11.0 Å². The number of aromatic nitrogens is 1. The molecule has 0 saturated heterocycles. The molecule has 0 radical (unpaired) electrons. The highest BCUT2D eigenvalue weighted by Crippen LogP contribution is 2.43. The summed E-state index contributed by atoms with van der Waals surface area (Å²) in [5.41, 5.74) is 1.43. The number of thiazole rings is 1. The number of carbonyl (C=O) groups is 2. The molecule has 5 rings (SSSR count). The van der Waals surface area contributed by atoms with E-state index >= 15 is 0 Å². The van der Waals surface area contributed by atoms with Crippen molar-refractivity contribution in [2.45, 2.75) is 32.7 Å². The number of hydrogen-bond acceptors (Lipinski definition) is 8. The molecule has 3 heterocycles. The van der Waals surface area contributed by atoms with Crippen LogP contribution in [0, 0.1) is 6.92 Å². The van der Waals surface area contributed by atoms with Crippen LogP contribution in [-0.4, -0.2) is 30.6 Å². The first-order valence-corrected chi connectivity index (χ1v) is 12.4. The summed E-state index contributed by atoms with van der Waals surface area (Å²) in [5.74, 6) is -0.358. The van der Waals surface area contributed by atoms with Crippen molar-refractivity contribution in [1.82, 2.24) is 4.98 Å². The molecule has 2 aromatic carbocycles. The number of esters is 1. The summed E-state index contributed by atoms with van der Waals surface area (Å²) < 4.78 is 16.6. The lowest BCUT2D eigenvalue weighted by Gasteiger charge is -2.22. The maximum atomic E-state index is 13.7. The quantitative estimate of drug-likeness (QED) is 0.250. The van der Waals surface area contributed by atoms with Crippen LogP contribution in [0.5, 0.6) is 5.75 Å². The number of ether oxygens (including phenoxy) is 2. The molecule has 0 N–H and O–H groups in total. The highest BCUT2D eigenvalue weighted by molar-refractivity contribution is 7.17. The molecule has 0 saturated carbocycles. The SMILES string of the molecule is CCCCOc1ccc([C@@H]2c3c(oc4ccccc4c3=O)C(=O)N2c2nc(C)c(C(=O)OC)s2)cc1. The standard InChI is InChI=1S/C27H24N2O6S/c1-4-5-14-34-17-12-10-16(11-13-17)21-20-22(30)18-8-6-7-9-19(18)35-23(20)25(31)29(21)27-28-15(2)24(36-27)26(32)33-3/h6-13,21H,4-5,14H2,1-3H3/t21-/m1/s1. The molecular formula is C27H24N2O6S. The van der Waals surface area contributed by atoms with Crippen molar-refractivity contribution < 1.29 is 23.5 Å². The van der Waals surface area contributed by atoms with Gasteiger partial charge in [0.05, 0.1) is 36.4 Å². The van der Waals surface area contributed by atoms with Gasteiger partial charge < -0.3 is 13.9 Å². The largest absolute Gasteiger partial charge is 0.494 e. The van der Waals surface area contributed by atoms with Gasteiger partial charge in [0.15, 0.2) is 10.6 Å². The zero-order valence-electron chi connectivity index (χ0n) is 20.1. The number of fused-ring (bicyclic) bond motifs is 2. The van der Waals surface area contributed by atoms with Gasteiger partial charge in [-0.3, -0.25) is 14.5 Å². The van der Waals surface area contributed by atoms with Gasteiger partial charge in [-0.25, -0.2) is 9.78 Å². The Hall–Kier alpha value is -3.98. The molecule has 184 valence electrons. The molecule has 0 unspecified atom stereocenters. The fraction of sp³-hybridized carbons (Fsp3) is 0.259. The average molecular weight is 505 g/mol. The third-order valence-electron chi connectivity index (χ3n) is 6.10. The van der Waals surface area contributed by atoms with Crippen LogP contribution in [0.3, 0.4) is 0 Å². The smallest absolute Gasteiger partial charge is 0.350 e. The Balaban J connectivity index is 1.66. The Kier molecular flexibility index (Phi) is 6.32. The van der Waals surface area contributed by atoms with Gasteiger partial charge in [0, 0.05) is 0 Å². The molecule has 0 bridgehead atoms. The molecule has 1 amide bonds. The summed E-state index contributed by atoms with van der Waals surface area (Å²) in [4.78, 5) is 45.8. The van der Waals surface area contributed by atoms with E-state index in [0.717, 1.165) is 24.2 Å². The number of aryl methyl sites for hydroxylation is 1. The number of carbonyl (C=O) groups excluding carboxylic acids is 2. The second-order valence-electron chi connectivity index (χ2n) is 8.42. The zero-order chi connectivity index (χ0) is 25.4. The fourth-order valence-corrected chi connectivity index (χ4v) is 5.29. The van der Waals surface area contributed by atoms with Crippen LogP contribution in [-0.2, 0) is 4.74 Å². The van der Waals surface area contributed by atoms with Crippen molar-refractivity contribution in [2.24, 2.45) is 0 Å². The van der Waals surface area contributed by atoms with E-state index in [2.05, 4.69) is 11.9 Å². The number of benzene rings is 2. The van der Waals surface area contributed by atoms with E-state index in [0.29, 0.717) is 39.5 Å². The maximum absolute atomic E-state index is 13.7. The minimum Gasteiger partial charge on any atom is -0.494 e. The van der Waals surface area contributed by atoms with Crippen LogP contribution in [0.1, 0.15) is 62.9 Å². The number of nitrogens with zero attached hydrogens (tertiary/aromatic N) is 2. The second kappa shape index (κ2) is 9.58. The highest BCUT2D eigenvalue weighted by atomic mass is 32.1. The van der Waals surface area contributed by atoms with E-state index in [1.54, 1.807) is 31.2 Å². The van der Waals surface area contributed by atoms with E-state index in [9.17, 15) is 14.4 Å². The average Bonchev–Trinajstić information content (AvgIpc) is 3.41. The molecule has 0 fully saturated rings. The third-order valence-corrected chi connectivity index (χ3v) is 7.24. The summed E-state index contributed by atoms with van der Waals surface area (Å²) in [7, 11) is 1.29. The maximum Gasteiger partial charge on any atom is 0.350 e. The van der Waals surface area contributed by atoms with Gasteiger partial charge in [0.1, 0.15) is 16.2 Å². The van der Waals surface area contributed by atoms with E-state index < -0.39 is 17.9 Å². The normalized spacial score (nSPS) is 14.8. The van der Waals surface area contributed by atoms with E-state index in [-0.39, 0.29) is 21.9 Å². The zero-order valence-corrected chi connectivity index (χ0v) is 20.9. The molecule has 1 atom stereocenters. The summed E-state index contributed by atoms with van der Waals surface area (Å²) in [5, 5.41) is 0.669. The number of unbranched alkanes of at least 4 members (excludes halogenated alkanes) is 1. The fourth-order valence-electron chi connectivity index (χ4n) is 4.28. The Morgan fingerprint density at radius 2 is 1.89 bits per heavy atom. The Bertz CT molecular complexity index is 1520. The summed E-state index contributed by atoms with van der Waals surface area (Å²) >= 11 is 1.04. The van der Waals surface area contributed by atoms with Crippen LogP contribution in [0.2, 0.25) is 0 Å². The minimum atomic E-state index is -0.783. The lowest BCUT2D eigenvalue weighted by molar-refractivity contribution is 0.0605. The van der Waals surface area contributed by atoms with Gasteiger partial charge >= 0.3 is 5.97 Å². The Morgan fingerprint density at radius 1 is 1.14 bits per heavy atom. The van der Waals surface area contributed by atoms with E-state index in [1.165, 1.54) is 12.0 Å². The summed E-state index contributed by atoms with van der Waals surface area (Å²) in [6.07, 6.45) is 1.97. The van der Waals surface area contributed by atoms with Gasteiger partial charge in [-0.1, -0.05) is 48.9 Å². The van der Waals surface area contributed by atoms with Crippen molar-refractivity contribution in [3.63, 3.8) is 0 Å². The molecule has 4 aromatic rings. The number of rotatable bonds is 7. The van der Waals surface area contributed by atoms with Crippen molar-refractivity contribution in [2.75, 3.05) is 18.6 Å². The van der Waals surface area contributed by atoms with Crippen LogP contribution < -0.4 is 15.1 Å². The van der Waals surface area contributed by atoms with Gasteiger partial charge in [0.2, 0.25) is 5.76 Å². The molecule has 2 aromatic heterocycles. The Labute approximate surface area is 211 Å². The first kappa shape index (κ1) is 23.7. The predicted molar refractivity (Wildman–Crippen MR) is 136 cm³/mol. The molecular weight excluding hydrogens is 480 g/mol. The van der Waals surface area contributed by atoms with Crippen LogP contribution in [0.15, 0.2) is 57.7 Å². The number of anilines is 1. The summed E-state index contributed by atoms with van der Waals surface area (Å²) in [6, 6.07) is 13.4. The number of amides is 1. The molecule has 9 heteroatoms. The van der Waals surface area contributed by atoms with Gasteiger partial charge in [0.25, 0.3) is 5.91 Å². The molecule has 8 nitrogen and oxygen atoms in total. The number of methoxy groups -OCH3 is 1. The van der Waals surface area contributed by atoms with Crippen LogP contribution >= 0.6 is 11.3 Å². The van der Waals surface area contributed by atoms with Gasteiger partial charge in [-0.2, -0.15) is 0 Å². The van der Waals surface area contributed by atoms with Crippen molar-refractivity contribution in [3.05, 3.63) is 86.2 Å². The van der Waals surface area contributed by atoms with Crippen molar-refractivity contribution >= 4 is 39.3 Å². The molecule has 36 heavy (non-hydrogen) atoms. The first-order valence-electron chi connectivity index (χ1n) is 11.6. The highest BCUT2D eigenvalue weighted by Gasteiger charge is 2.45. The van der Waals surface area contributed by atoms with Gasteiger partial charge in [-0.15, -0.1) is 0 Å². The second-order valence-corrected chi connectivity index (χ2v) is 9.40. The van der Waals surface area contributed by atoms with E-state index in [4.69, 9.17) is 13.9 Å². The molecule has 0 aliphatic carbocycles. The Morgan fingerprint density at radius 3 is 2.61 bits per heavy atom. The van der Waals surface area contributed by atoms with Crippen LogP contribution in [0.4, 0.5) is 5.13 Å². The molecule has 0 spiro atoms. The minimum absolute atomic E-state index is 0.0283. The third kappa shape index (κ3) is 3.95. The van der Waals surface area contributed by atoms with E-state index in [1.807, 2.05) is 24.3 Å². The first-order chi connectivity index (χ1) is 17.4. The topological polar surface area (TPSA) is 98.9 Å². The predicted octanol–water partition coefficient (Wildman–Crippen LogP) is 5.27. The number of para-hydroxylation sites is 1. The lowest BCUT2D eigenvalue weighted by Crippen LogP contribution is -2.29. The van der Waals surface area contributed by atoms with Crippen molar-refractivity contribution in [3.8, 4) is 5.75 Å². The number of hydrogen-bond donors (Lipinski definition) is 0. The van der Waals surface area contributed by atoms with Crippen molar-refractivity contribution in [1.29, 1.82) is 0 Å². The summed E-state index contributed by atoms with van der Waals surface area (Å²) in [6.45, 7) is 4.38.